The van der Waals surface area contributed by atoms with E-state index in [-0.39, 0.29) is 5.03 Å². The molecule has 0 amide bonds. The van der Waals surface area contributed by atoms with E-state index in [4.69, 9.17) is 5.21 Å². The summed E-state index contributed by atoms with van der Waals surface area (Å²) in [6, 6.07) is 6.47. The third-order valence-electron chi connectivity index (χ3n) is 2.47. The van der Waals surface area contributed by atoms with Gasteiger partial charge in [-0.05, 0) is 24.6 Å². The second kappa shape index (κ2) is 5.11. The molecular weight excluding hydrogens is 268 g/mol. The molecule has 0 aliphatic heterocycles. The zero-order valence-electron chi connectivity index (χ0n) is 10.0. The average Bonchev–Trinajstić information content (AvgIpc) is 2.93. The number of anilines is 1. The highest BCUT2D eigenvalue weighted by Crippen LogP contribution is 2.15. The van der Waals surface area contributed by atoms with Gasteiger partial charge in [-0.1, -0.05) is 17.3 Å². The number of hydrogen-bond acceptors (Lipinski definition) is 5. The van der Waals surface area contributed by atoms with E-state index in [9.17, 15) is 8.42 Å². The topological polar surface area (TPSA) is 107 Å². The van der Waals surface area contributed by atoms with Crippen LogP contribution in [-0.2, 0) is 10.0 Å². The predicted octanol–water partition coefficient (Wildman–Crippen LogP) is 1.41. The molecule has 8 heteroatoms. The number of H-pyrrole nitrogens is 1. The fraction of sp³-hybridized carbons (Fsp3) is 0.0909. The van der Waals surface area contributed by atoms with Gasteiger partial charge in [-0.15, -0.1) is 0 Å². The normalized spacial score (nSPS) is 12.4. The lowest BCUT2D eigenvalue weighted by Crippen LogP contribution is -2.13. The van der Waals surface area contributed by atoms with Crippen LogP contribution in [0.5, 0.6) is 0 Å². The summed E-state index contributed by atoms with van der Waals surface area (Å²) < 4.78 is 26.2. The summed E-state index contributed by atoms with van der Waals surface area (Å²) in [5, 5.41) is 11.7. The smallest absolute Gasteiger partial charge is 0.278 e. The Hall–Kier alpha value is -2.35. The lowest BCUT2D eigenvalue weighted by Gasteiger charge is -2.06. The van der Waals surface area contributed by atoms with Gasteiger partial charge in [0.1, 0.15) is 0 Å². The van der Waals surface area contributed by atoms with Gasteiger partial charge >= 0.3 is 0 Å². The number of aromatic nitrogens is 2. The van der Waals surface area contributed by atoms with Crippen LogP contribution < -0.4 is 4.72 Å². The fourth-order valence-electron chi connectivity index (χ4n) is 1.44. The second-order valence-corrected chi connectivity index (χ2v) is 5.43. The Morgan fingerprint density at radius 3 is 2.58 bits per heavy atom. The Balaban J connectivity index is 2.21. The van der Waals surface area contributed by atoms with Gasteiger partial charge in [-0.25, -0.2) is 4.98 Å². The van der Waals surface area contributed by atoms with Gasteiger partial charge in [0.15, 0.2) is 5.03 Å². The third kappa shape index (κ3) is 2.91. The van der Waals surface area contributed by atoms with Gasteiger partial charge in [-0.2, -0.15) is 8.42 Å². The fourth-order valence-corrected chi connectivity index (χ4v) is 2.40. The number of sulfonamides is 1. The molecule has 0 unspecified atom stereocenters. The van der Waals surface area contributed by atoms with Crippen LogP contribution in [0.1, 0.15) is 12.5 Å². The molecule has 0 saturated heterocycles. The molecule has 2 rings (SSSR count). The summed E-state index contributed by atoms with van der Waals surface area (Å²) in [6.07, 6.45) is 2.51. The van der Waals surface area contributed by atoms with E-state index in [1.807, 2.05) is 0 Å². The molecule has 7 nitrogen and oxygen atoms in total. The molecule has 0 bridgehead atoms. The maximum absolute atomic E-state index is 11.9. The van der Waals surface area contributed by atoms with E-state index in [1.165, 1.54) is 12.5 Å². The number of aromatic amines is 1. The summed E-state index contributed by atoms with van der Waals surface area (Å²) in [5.74, 6) is 0. The van der Waals surface area contributed by atoms with Crippen molar-refractivity contribution in [3.8, 4) is 0 Å². The van der Waals surface area contributed by atoms with Crippen LogP contribution in [0.3, 0.4) is 0 Å². The lowest BCUT2D eigenvalue weighted by atomic mass is 10.1. The van der Waals surface area contributed by atoms with E-state index < -0.39 is 10.0 Å². The minimum atomic E-state index is -3.66. The van der Waals surface area contributed by atoms with Crippen LogP contribution in [0.4, 0.5) is 5.69 Å². The number of nitrogens with zero attached hydrogens (tertiary/aromatic N) is 2. The van der Waals surface area contributed by atoms with Crippen molar-refractivity contribution in [2.45, 2.75) is 11.9 Å². The summed E-state index contributed by atoms with van der Waals surface area (Å²) >= 11 is 0. The molecule has 0 radical (unpaired) electrons. The largest absolute Gasteiger partial charge is 0.411 e. The maximum atomic E-state index is 11.9. The Labute approximate surface area is 110 Å². The quantitative estimate of drug-likeness (QED) is 0.447. The van der Waals surface area contributed by atoms with Gasteiger partial charge in [0.2, 0.25) is 0 Å². The van der Waals surface area contributed by atoms with E-state index in [1.54, 1.807) is 31.2 Å². The molecule has 0 spiro atoms. The number of rotatable bonds is 4. The lowest BCUT2D eigenvalue weighted by molar-refractivity contribution is 0.319. The Kier molecular flexibility index (Phi) is 3.52. The molecule has 0 saturated carbocycles. The van der Waals surface area contributed by atoms with Crippen LogP contribution in [0.2, 0.25) is 0 Å². The molecule has 100 valence electrons. The van der Waals surface area contributed by atoms with E-state index in [0.717, 1.165) is 0 Å². The standard InChI is InChI=1S/C11H12N4O3S/c1-8(14-16)9-2-4-10(5-3-9)15-19(17,18)11-6-12-7-13-11/h2-7,15-16H,1H3,(H,12,13). The van der Waals surface area contributed by atoms with Gasteiger partial charge in [0.05, 0.1) is 18.2 Å². The van der Waals surface area contributed by atoms with Crippen molar-refractivity contribution < 1.29 is 13.6 Å². The molecular formula is C11H12N4O3S. The number of benzene rings is 1. The minimum absolute atomic E-state index is 0.00956. The molecule has 2 aromatic rings. The molecule has 0 fully saturated rings. The van der Waals surface area contributed by atoms with Crippen LogP contribution in [0.25, 0.3) is 0 Å². The Morgan fingerprint density at radius 2 is 2.05 bits per heavy atom. The average molecular weight is 280 g/mol. The van der Waals surface area contributed by atoms with E-state index in [2.05, 4.69) is 19.8 Å². The predicted molar refractivity (Wildman–Crippen MR) is 69.8 cm³/mol. The summed E-state index contributed by atoms with van der Waals surface area (Å²) in [6.45, 7) is 1.64. The van der Waals surface area contributed by atoms with Crippen LogP contribution >= 0.6 is 0 Å². The van der Waals surface area contributed by atoms with Crippen LogP contribution in [-0.4, -0.2) is 29.3 Å². The van der Waals surface area contributed by atoms with Crippen LogP contribution in [0.15, 0.2) is 47.0 Å². The number of nitrogens with one attached hydrogen (secondary N) is 2. The number of oxime groups is 1. The minimum Gasteiger partial charge on any atom is -0.411 e. The van der Waals surface area contributed by atoms with Gasteiger partial charge in [0, 0.05) is 5.69 Å². The molecule has 1 heterocycles. The van der Waals surface area contributed by atoms with Gasteiger partial charge in [-0.3, -0.25) is 4.72 Å². The summed E-state index contributed by atoms with van der Waals surface area (Å²) in [7, 11) is -3.66. The highest BCUT2D eigenvalue weighted by molar-refractivity contribution is 7.92. The number of imidazole rings is 1. The highest BCUT2D eigenvalue weighted by atomic mass is 32.2. The molecule has 0 aliphatic carbocycles. The van der Waals surface area contributed by atoms with Crippen molar-refractivity contribution in [1.82, 2.24) is 9.97 Å². The van der Waals surface area contributed by atoms with E-state index >= 15 is 0 Å². The SMILES string of the molecule is CC(=NO)c1ccc(NS(=O)(=O)c2cnc[nH]2)cc1. The van der Waals surface area contributed by atoms with Crippen molar-refractivity contribution in [3.63, 3.8) is 0 Å². The molecule has 0 aliphatic rings. The first-order valence-corrected chi connectivity index (χ1v) is 6.81. The molecule has 1 aromatic heterocycles. The maximum Gasteiger partial charge on any atom is 0.278 e. The Bertz CT molecular complexity index is 675. The highest BCUT2D eigenvalue weighted by Gasteiger charge is 2.15. The molecule has 1 aromatic carbocycles. The zero-order chi connectivity index (χ0) is 13.9. The van der Waals surface area contributed by atoms with Crippen molar-refractivity contribution in [1.29, 1.82) is 0 Å². The summed E-state index contributed by atoms with van der Waals surface area (Å²) in [5.41, 5.74) is 1.55. The van der Waals surface area contributed by atoms with Crippen molar-refractivity contribution >= 4 is 21.4 Å². The first-order chi connectivity index (χ1) is 9.03. The van der Waals surface area contributed by atoms with Gasteiger partial charge in [0.25, 0.3) is 10.0 Å². The van der Waals surface area contributed by atoms with Crippen molar-refractivity contribution in [3.05, 3.63) is 42.4 Å². The van der Waals surface area contributed by atoms with Crippen molar-refractivity contribution in [2.75, 3.05) is 4.72 Å². The van der Waals surface area contributed by atoms with Crippen LogP contribution in [0, 0.1) is 0 Å². The molecule has 3 N–H and O–H groups in total. The molecule has 0 atom stereocenters. The Morgan fingerprint density at radius 1 is 1.37 bits per heavy atom. The first kappa shape index (κ1) is 13.1. The van der Waals surface area contributed by atoms with E-state index in [0.29, 0.717) is 17.0 Å². The number of hydrogen-bond donors (Lipinski definition) is 3. The zero-order valence-corrected chi connectivity index (χ0v) is 10.8. The van der Waals surface area contributed by atoms with Crippen molar-refractivity contribution in [2.24, 2.45) is 5.16 Å². The summed E-state index contributed by atoms with van der Waals surface area (Å²) in [4.78, 5) is 6.18. The second-order valence-electron chi connectivity index (χ2n) is 3.78. The monoisotopic (exact) mass is 280 g/mol. The van der Waals surface area contributed by atoms with Gasteiger partial charge < -0.3 is 10.2 Å². The first-order valence-electron chi connectivity index (χ1n) is 5.33. The molecule has 19 heavy (non-hydrogen) atoms. The third-order valence-corrected chi connectivity index (χ3v) is 3.77.